The number of likely N-dealkylation sites (tertiary alicyclic amines) is 1. The number of pyridine rings is 1. The summed E-state index contributed by atoms with van der Waals surface area (Å²) < 4.78 is 34.5. The molecule has 0 atom stereocenters. The van der Waals surface area contributed by atoms with E-state index in [4.69, 9.17) is 4.74 Å². The monoisotopic (exact) mass is 427 g/mol. The van der Waals surface area contributed by atoms with Gasteiger partial charge in [0, 0.05) is 55.0 Å². The highest BCUT2D eigenvalue weighted by Gasteiger charge is 2.23. The normalized spacial score (nSPS) is 15.9. The molecule has 1 aliphatic rings. The molecule has 5 rings (SSSR count). The highest BCUT2D eigenvalue weighted by Crippen LogP contribution is 2.31. The fourth-order valence-corrected chi connectivity index (χ4v) is 4.15. The van der Waals surface area contributed by atoms with Gasteiger partial charge in [-0.1, -0.05) is 0 Å². The smallest absolute Gasteiger partial charge is 0.251 e. The number of methoxy groups -OCH3 is 1. The summed E-state index contributed by atoms with van der Waals surface area (Å²) in [6.45, 7) is 1.09. The SMILES string of the molecule is COc1nc(NC2CCN(CC(F)F)CC2)nn2ccc(-c3ccc4nccn4c3)c12. The topological polar surface area (TPSA) is 72.0 Å². The van der Waals surface area contributed by atoms with Crippen LogP contribution in [-0.4, -0.2) is 68.1 Å². The molecule has 0 saturated carbocycles. The average molecular weight is 427 g/mol. The van der Waals surface area contributed by atoms with Crippen LogP contribution in [0.3, 0.4) is 0 Å². The Labute approximate surface area is 177 Å². The number of aromatic nitrogens is 5. The number of hydrogen-bond donors (Lipinski definition) is 1. The molecule has 5 heterocycles. The number of alkyl halides is 2. The van der Waals surface area contributed by atoms with E-state index in [1.807, 2.05) is 41.2 Å². The lowest BCUT2D eigenvalue weighted by Gasteiger charge is -2.32. The van der Waals surface area contributed by atoms with Gasteiger partial charge in [0.25, 0.3) is 6.43 Å². The maximum atomic E-state index is 12.6. The average Bonchev–Trinajstić information content (AvgIpc) is 3.40. The summed E-state index contributed by atoms with van der Waals surface area (Å²) in [7, 11) is 1.59. The molecule has 1 fully saturated rings. The molecular weight excluding hydrogens is 404 g/mol. The fourth-order valence-electron chi connectivity index (χ4n) is 4.15. The Morgan fingerprint density at radius 1 is 1.19 bits per heavy atom. The number of anilines is 1. The van der Waals surface area contributed by atoms with Gasteiger partial charge in [0.15, 0.2) is 0 Å². The van der Waals surface area contributed by atoms with E-state index >= 15 is 0 Å². The highest BCUT2D eigenvalue weighted by atomic mass is 19.3. The third-order valence-corrected chi connectivity index (χ3v) is 5.69. The van der Waals surface area contributed by atoms with E-state index in [0.717, 1.165) is 35.1 Å². The summed E-state index contributed by atoms with van der Waals surface area (Å²) in [6, 6.07) is 6.09. The molecule has 0 spiro atoms. The minimum atomic E-state index is -2.29. The molecule has 0 amide bonds. The number of piperidine rings is 1. The summed E-state index contributed by atoms with van der Waals surface area (Å²) in [5.74, 6) is 0.933. The summed E-state index contributed by atoms with van der Waals surface area (Å²) in [5.41, 5.74) is 3.61. The Bertz CT molecular complexity index is 1200. The second-order valence-electron chi connectivity index (χ2n) is 7.69. The first-order valence-electron chi connectivity index (χ1n) is 10.2. The lowest BCUT2D eigenvalue weighted by atomic mass is 10.1. The van der Waals surface area contributed by atoms with Gasteiger partial charge in [0.2, 0.25) is 11.8 Å². The Morgan fingerprint density at radius 3 is 2.81 bits per heavy atom. The van der Waals surface area contributed by atoms with Crippen LogP contribution in [0.4, 0.5) is 14.7 Å². The molecule has 1 saturated heterocycles. The second-order valence-corrected chi connectivity index (χ2v) is 7.69. The van der Waals surface area contributed by atoms with Gasteiger partial charge in [-0.15, -0.1) is 5.10 Å². The van der Waals surface area contributed by atoms with E-state index < -0.39 is 6.43 Å². The molecule has 0 radical (unpaired) electrons. The van der Waals surface area contributed by atoms with Crippen LogP contribution in [0.15, 0.2) is 43.0 Å². The Morgan fingerprint density at radius 2 is 2.03 bits per heavy atom. The number of fused-ring (bicyclic) bond motifs is 2. The van der Waals surface area contributed by atoms with E-state index in [2.05, 4.69) is 20.4 Å². The molecule has 0 bridgehead atoms. The predicted molar refractivity (Wildman–Crippen MR) is 113 cm³/mol. The van der Waals surface area contributed by atoms with E-state index in [1.54, 1.807) is 22.7 Å². The number of rotatable bonds is 6. The first kappa shape index (κ1) is 19.7. The lowest BCUT2D eigenvalue weighted by molar-refractivity contribution is 0.0769. The first-order valence-corrected chi connectivity index (χ1v) is 10.2. The van der Waals surface area contributed by atoms with Crippen LogP contribution >= 0.6 is 0 Å². The zero-order valence-electron chi connectivity index (χ0n) is 17.1. The maximum absolute atomic E-state index is 12.6. The van der Waals surface area contributed by atoms with Crippen LogP contribution in [-0.2, 0) is 0 Å². The first-order chi connectivity index (χ1) is 15.1. The second kappa shape index (κ2) is 8.10. The molecule has 4 aromatic heterocycles. The number of halogens is 2. The van der Waals surface area contributed by atoms with Crippen molar-refractivity contribution in [3.8, 4) is 17.0 Å². The summed E-state index contributed by atoms with van der Waals surface area (Å²) in [5, 5.41) is 7.95. The lowest BCUT2D eigenvalue weighted by Crippen LogP contribution is -2.41. The molecular formula is C21H23F2N7O. The Hall–Kier alpha value is -3.27. The van der Waals surface area contributed by atoms with Gasteiger partial charge in [-0.3, -0.25) is 4.90 Å². The number of ether oxygens (including phenoxy) is 1. The quantitative estimate of drug-likeness (QED) is 0.510. The van der Waals surface area contributed by atoms with Gasteiger partial charge in [0.1, 0.15) is 11.2 Å². The molecule has 10 heteroatoms. The van der Waals surface area contributed by atoms with Crippen LogP contribution < -0.4 is 10.1 Å². The molecule has 162 valence electrons. The summed E-state index contributed by atoms with van der Waals surface area (Å²) >= 11 is 0. The van der Waals surface area contributed by atoms with Crippen LogP contribution in [0.2, 0.25) is 0 Å². The zero-order valence-corrected chi connectivity index (χ0v) is 17.1. The van der Waals surface area contributed by atoms with Gasteiger partial charge in [0.05, 0.1) is 13.7 Å². The molecule has 31 heavy (non-hydrogen) atoms. The molecule has 0 unspecified atom stereocenters. The van der Waals surface area contributed by atoms with Crippen LogP contribution in [0.5, 0.6) is 5.88 Å². The molecule has 1 N–H and O–H groups in total. The number of imidazole rings is 1. The van der Waals surface area contributed by atoms with Gasteiger partial charge < -0.3 is 14.5 Å². The minimum absolute atomic E-state index is 0.134. The van der Waals surface area contributed by atoms with Crippen molar-refractivity contribution in [3.63, 3.8) is 0 Å². The van der Waals surface area contributed by atoms with Gasteiger partial charge in [-0.05, 0) is 31.0 Å². The van der Waals surface area contributed by atoms with Crippen LogP contribution in [0, 0.1) is 0 Å². The predicted octanol–water partition coefficient (Wildman–Crippen LogP) is 3.19. The van der Waals surface area contributed by atoms with Gasteiger partial charge in [-0.2, -0.15) is 4.98 Å². The Balaban J connectivity index is 1.39. The molecule has 0 aliphatic carbocycles. The standard InChI is InChI=1S/C21H23F2N7O/c1-31-20-19-16(14-2-3-18-24-7-11-29(18)12-14)6-10-30(19)27-21(26-20)25-15-4-8-28(9-5-15)13-17(22)23/h2-3,6-7,10-12,15,17H,4-5,8-9,13H2,1H3,(H,25,27). The third kappa shape index (κ3) is 3.90. The van der Waals surface area contributed by atoms with Crippen molar-refractivity contribution >= 4 is 17.1 Å². The van der Waals surface area contributed by atoms with Gasteiger partial charge in [-0.25, -0.2) is 18.3 Å². The number of hydrogen-bond acceptors (Lipinski definition) is 6. The third-order valence-electron chi connectivity index (χ3n) is 5.69. The minimum Gasteiger partial charge on any atom is -0.479 e. The fraction of sp³-hybridized carbons (Fsp3) is 0.381. The van der Waals surface area contributed by atoms with E-state index in [9.17, 15) is 8.78 Å². The van der Waals surface area contributed by atoms with Crippen molar-refractivity contribution in [1.29, 1.82) is 0 Å². The molecule has 1 aliphatic heterocycles. The van der Waals surface area contributed by atoms with Crippen molar-refractivity contribution in [1.82, 2.24) is 28.9 Å². The number of nitrogens with zero attached hydrogens (tertiary/aromatic N) is 6. The summed E-state index contributed by atoms with van der Waals surface area (Å²) in [4.78, 5) is 10.7. The van der Waals surface area contributed by atoms with Crippen molar-refractivity contribution in [2.24, 2.45) is 0 Å². The van der Waals surface area contributed by atoms with E-state index in [1.165, 1.54) is 0 Å². The number of nitrogens with one attached hydrogen (secondary N) is 1. The van der Waals surface area contributed by atoms with Crippen LogP contribution in [0.1, 0.15) is 12.8 Å². The van der Waals surface area contributed by atoms with Crippen molar-refractivity contribution in [2.75, 3.05) is 32.1 Å². The van der Waals surface area contributed by atoms with E-state index in [-0.39, 0.29) is 12.6 Å². The summed E-state index contributed by atoms with van der Waals surface area (Å²) in [6.07, 6.45) is 6.78. The van der Waals surface area contributed by atoms with Crippen LogP contribution in [0.25, 0.3) is 22.3 Å². The Kier molecular flexibility index (Phi) is 5.14. The maximum Gasteiger partial charge on any atom is 0.251 e. The zero-order chi connectivity index (χ0) is 21.4. The molecule has 8 nitrogen and oxygen atoms in total. The largest absolute Gasteiger partial charge is 0.479 e. The highest BCUT2D eigenvalue weighted by molar-refractivity contribution is 5.84. The van der Waals surface area contributed by atoms with Crippen molar-refractivity contribution < 1.29 is 13.5 Å². The molecule has 0 aromatic carbocycles. The van der Waals surface area contributed by atoms with Gasteiger partial charge >= 0.3 is 0 Å². The van der Waals surface area contributed by atoms with Crippen molar-refractivity contribution in [2.45, 2.75) is 25.3 Å². The van der Waals surface area contributed by atoms with E-state index in [0.29, 0.717) is 24.9 Å². The molecule has 4 aromatic rings. The van der Waals surface area contributed by atoms with Crippen molar-refractivity contribution in [3.05, 3.63) is 43.0 Å².